The molecule has 0 atom stereocenters. The third kappa shape index (κ3) is 3.53. The van der Waals surface area contributed by atoms with Crippen molar-refractivity contribution in [3.05, 3.63) is 58.4 Å². The fourth-order valence-corrected chi connectivity index (χ4v) is 6.05. The number of piperazine rings is 1. The number of nitrogens with zero attached hydrogens (tertiary/aromatic N) is 5. The molecule has 4 heterocycles. The van der Waals surface area contributed by atoms with E-state index >= 15 is 0 Å². The molecule has 1 spiro atoms. The van der Waals surface area contributed by atoms with E-state index < -0.39 is 0 Å². The molecule has 3 fully saturated rings. The average Bonchev–Trinajstić information content (AvgIpc) is 3.54. The maximum Gasteiger partial charge on any atom is 0.298 e. The largest absolute Gasteiger partial charge is 0.423 e. The van der Waals surface area contributed by atoms with Crippen LogP contribution >= 0.6 is 0 Å². The van der Waals surface area contributed by atoms with E-state index in [1.165, 1.54) is 25.7 Å². The van der Waals surface area contributed by atoms with E-state index in [1.54, 1.807) is 6.07 Å². The Hall–Kier alpha value is -3.88. The number of para-hydroxylation sites is 1. The van der Waals surface area contributed by atoms with Gasteiger partial charge in [0.2, 0.25) is 5.95 Å². The van der Waals surface area contributed by atoms with Crippen molar-refractivity contribution >= 4 is 39.9 Å². The van der Waals surface area contributed by atoms with Gasteiger partial charge < -0.3 is 19.1 Å². The van der Waals surface area contributed by atoms with Crippen molar-refractivity contribution in [3.63, 3.8) is 0 Å². The molecule has 36 heavy (non-hydrogen) atoms. The Morgan fingerprint density at radius 1 is 0.917 bits per heavy atom. The first-order chi connectivity index (χ1) is 17.6. The number of carbonyl (C=O) groups excluding carboxylic acids is 1. The number of fused-ring (bicyclic) bond motifs is 2. The van der Waals surface area contributed by atoms with Crippen molar-refractivity contribution in [2.45, 2.75) is 25.7 Å². The monoisotopic (exact) mass is 484 g/mol. The van der Waals surface area contributed by atoms with Gasteiger partial charge in [0.1, 0.15) is 5.52 Å². The van der Waals surface area contributed by atoms with E-state index in [-0.39, 0.29) is 11.5 Å². The average molecular weight is 485 g/mol. The molecule has 4 aromatic rings. The van der Waals surface area contributed by atoms with Gasteiger partial charge in [0.05, 0.1) is 10.9 Å². The van der Waals surface area contributed by atoms with Gasteiger partial charge in [-0.15, -0.1) is 0 Å². The smallest absolute Gasteiger partial charge is 0.298 e. The summed E-state index contributed by atoms with van der Waals surface area (Å²) in [5, 5.41) is 0.577. The Morgan fingerprint density at radius 2 is 1.69 bits per heavy atom. The van der Waals surface area contributed by atoms with Gasteiger partial charge in [0.15, 0.2) is 5.58 Å². The van der Waals surface area contributed by atoms with Crippen molar-refractivity contribution in [2.75, 3.05) is 49.1 Å². The lowest BCUT2D eigenvalue weighted by atomic mass is 9.79. The molecule has 2 saturated heterocycles. The van der Waals surface area contributed by atoms with E-state index in [1.807, 2.05) is 46.2 Å². The Bertz CT molecular complexity index is 1520. The summed E-state index contributed by atoms with van der Waals surface area (Å²) in [6.07, 6.45) is 5.28. The van der Waals surface area contributed by atoms with Gasteiger partial charge in [0, 0.05) is 50.2 Å². The highest BCUT2D eigenvalue weighted by Gasteiger charge is 2.46. The van der Waals surface area contributed by atoms with Crippen molar-refractivity contribution < 1.29 is 9.21 Å². The Kier molecular flexibility index (Phi) is 4.80. The van der Waals surface area contributed by atoms with Crippen LogP contribution in [-0.4, -0.2) is 65.0 Å². The summed E-state index contributed by atoms with van der Waals surface area (Å²) in [6.45, 7) is 4.33. The molecule has 1 saturated carbocycles. The molecule has 1 aliphatic carbocycles. The molecule has 2 aliphatic heterocycles. The molecule has 2 aromatic carbocycles. The van der Waals surface area contributed by atoms with Gasteiger partial charge in [-0.05, 0) is 43.2 Å². The van der Waals surface area contributed by atoms with Gasteiger partial charge in [-0.3, -0.25) is 14.6 Å². The van der Waals surface area contributed by atoms with Gasteiger partial charge in [-0.1, -0.05) is 25.0 Å². The maximum atomic E-state index is 13.3. The van der Waals surface area contributed by atoms with Crippen molar-refractivity contribution in [1.82, 2.24) is 19.9 Å². The van der Waals surface area contributed by atoms with Crippen molar-refractivity contribution in [1.29, 1.82) is 0 Å². The summed E-state index contributed by atoms with van der Waals surface area (Å²) in [5.41, 5.74) is 3.03. The summed E-state index contributed by atoms with van der Waals surface area (Å²) in [7, 11) is 0. The van der Waals surface area contributed by atoms with E-state index in [4.69, 9.17) is 4.42 Å². The summed E-state index contributed by atoms with van der Waals surface area (Å²) < 4.78 is 6.07. The third-order valence-electron chi connectivity index (χ3n) is 8.08. The molecular weight excluding hydrogens is 456 g/mol. The van der Waals surface area contributed by atoms with Crippen LogP contribution in [0.5, 0.6) is 0 Å². The lowest BCUT2D eigenvalue weighted by Crippen LogP contribution is -2.55. The van der Waals surface area contributed by atoms with E-state index in [0.29, 0.717) is 65.6 Å². The molecule has 1 N–H and O–H groups in total. The van der Waals surface area contributed by atoms with Crippen LogP contribution in [0.25, 0.3) is 22.0 Å². The minimum Gasteiger partial charge on any atom is -0.423 e. The van der Waals surface area contributed by atoms with E-state index in [9.17, 15) is 9.59 Å². The number of rotatable bonds is 3. The fourth-order valence-electron chi connectivity index (χ4n) is 6.05. The highest BCUT2D eigenvalue weighted by atomic mass is 16.4. The number of nitrogens with one attached hydrogen (secondary N) is 1. The second-order valence-electron chi connectivity index (χ2n) is 10.4. The first-order valence-corrected chi connectivity index (χ1v) is 12.8. The number of anilines is 2. The molecule has 3 aliphatic rings. The zero-order chi connectivity index (χ0) is 24.3. The summed E-state index contributed by atoms with van der Waals surface area (Å²) in [6, 6.07) is 13.5. The molecule has 9 heteroatoms. The molecule has 0 bridgehead atoms. The molecule has 0 unspecified atom stereocenters. The number of hydrogen-bond acceptors (Lipinski definition) is 7. The number of benzene rings is 2. The number of oxazole rings is 1. The highest BCUT2D eigenvalue weighted by Crippen LogP contribution is 2.47. The summed E-state index contributed by atoms with van der Waals surface area (Å²) in [4.78, 5) is 43.9. The third-order valence-corrected chi connectivity index (χ3v) is 8.08. The van der Waals surface area contributed by atoms with Crippen LogP contribution in [-0.2, 0) is 0 Å². The lowest BCUT2D eigenvalue weighted by molar-refractivity contribution is 0.0746. The predicted octanol–water partition coefficient (Wildman–Crippen LogP) is 3.41. The maximum absolute atomic E-state index is 13.3. The number of hydrogen-bond donors (Lipinski definition) is 1. The van der Waals surface area contributed by atoms with Crippen LogP contribution in [0, 0.1) is 5.41 Å². The molecule has 2 aromatic heterocycles. The van der Waals surface area contributed by atoms with Gasteiger partial charge in [-0.25, -0.2) is 4.98 Å². The summed E-state index contributed by atoms with van der Waals surface area (Å²) >= 11 is 0. The molecule has 9 nitrogen and oxygen atoms in total. The number of H-pyrrole nitrogens is 1. The Morgan fingerprint density at radius 3 is 2.50 bits per heavy atom. The molecule has 0 radical (unpaired) electrons. The molecular formula is C27H28N6O3. The van der Waals surface area contributed by atoms with E-state index in [0.717, 1.165) is 18.6 Å². The first kappa shape index (κ1) is 21.4. The lowest BCUT2D eigenvalue weighted by Gasteiger charge is -2.47. The second kappa shape index (κ2) is 8.08. The molecule has 1 amide bonds. The minimum absolute atomic E-state index is 0.0247. The van der Waals surface area contributed by atoms with Gasteiger partial charge in [-0.2, -0.15) is 4.98 Å². The topological polar surface area (TPSA) is 98.6 Å². The fraction of sp³-hybridized carbons (Fsp3) is 0.407. The van der Waals surface area contributed by atoms with Crippen LogP contribution in [0.15, 0.2) is 51.7 Å². The first-order valence-electron chi connectivity index (χ1n) is 12.8. The Balaban J connectivity index is 1.03. The highest BCUT2D eigenvalue weighted by molar-refractivity contribution is 5.97. The van der Waals surface area contributed by atoms with E-state index in [2.05, 4.69) is 19.9 Å². The zero-order valence-electron chi connectivity index (χ0n) is 20.1. The molecule has 7 rings (SSSR count). The minimum atomic E-state index is -0.148. The van der Waals surface area contributed by atoms with Gasteiger partial charge >= 0.3 is 0 Å². The van der Waals surface area contributed by atoms with Crippen LogP contribution in [0.2, 0.25) is 0 Å². The quantitative estimate of drug-likeness (QED) is 0.476. The number of carbonyl (C=O) groups is 1. The second-order valence-corrected chi connectivity index (χ2v) is 10.4. The van der Waals surface area contributed by atoms with Crippen molar-refractivity contribution in [2.24, 2.45) is 5.41 Å². The predicted molar refractivity (Wildman–Crippen MR) is 138 cm³/mol. The van der Waals surface area contributed by atoms with Crippen LogP contribution in [0.4, 0.5) is 12.0 Å². The number of amides is 1. The number of aromatic nitrogens is 3. The Labute approximate surface area is 207 Å². The SMILES string of the molecule is O=C(c1ccc2nc(N3CC4(CCCC4)C3)oc2c1)N1CCN(c2nc3ccccc3c(=O)[nH]2)CC1. The number of aromatic amines is 1. The summed E-state index contributed by atoms with van der Waals surface area (Å²) in [5.74, 6) is 0.523. The van der Waals surface area contributed by atoms with Crippen molar-refractivity contribution in [3.8, 4) is 0 Å². The normalized spacial score (nSPS) is 19.4. The van der Waals surface area contributed by atoms with Crippen LogP contribution < -0.4 is 15.4 Å². The molecule has 184 valence electrons. The van der Waals surface area contributed by atoms with Gasteiger partial charge in [0.25, 0.3) is 17.5 Å². The van der Waals surface area contributed by atoms with Crippen LogP contribution in [0.3, 0.4) is 0 Å². The standard InChI is InChI=1S/C27H28N6O3/c34-23-19-5-1-2-6-20(19)28-25(30-23)32-13-11-31(12-14-32)24(35)18-7-8-21-22(15-18)36-26(29-21)33-16-27(17-33)9-3-4-10-27/h1-2,5-8,15H,3-4,9-14,16-17H2,(H,28,30,34). The zero-order valence-corrected chi connectivity index (χ0v) is 20.1. The van der Waals surface area contributed by atoms with Crippen LogP contribution in [0.1, 0.15) is 36.0 Å².